The number of sulfonamides is 1. The first-order valence-electron chi connectivity index (χ1n) is 8.65. The monoisotopic (exact) mass is 399 g/mol. The number of hydrogen-bond acceptors (Lipinski definition) is 4. The average molecular weight is 399 g/mol. The number of carbonyl (C=O) groups excluding carboxylic acids is 1. The van der Waals surface area contributed by atoms with Gasteiger partial charge in [0, 0.05) is 36.8 Å². The summed E-state index contributed by atoms with van der Waals surface area (Å²) in [5.41, 5.74) is 4.32. The lowest BCUT2D eigenvalue weighted by Crippen LogP contribution is -2.25. The van der Waals surface area contributed by atoms with Crippen molar-refractivity contribution in [3.8, 4) is 0 Å². The Labute approximate surface area is 163 Å². The summed E-state index contributed by atoms with van der Waals surface area (Å²) in [6.07, 6.45) is 5.21. The van der Waals surface area contributed by atoms with Crippen LogP contribution in [0.15, 0.2) is 65.7 Å². The summed E-state index contributed by atoms with van der Waals surface area (Å²) < 4.78 is 29.6. The third kappa shape index (κ3) is 4.48. The molecule has 0 bridgehead atoms. The number of amides is 1. The van der Waals surface area contributed by atoms with Crippen molar-refractivity contribution in [1.29, 1.82) is 0 Å². The van der Waals surface area contributed by atoms with Crippen molar-refractivity contribution >= 4 is 32.9 Å². The van der Waals surface area contributed by atoms with Gasteiger partial charge in [0.05, 0.1) is 4.90 Å². The summed E-state index contributed by atoms with van der Waals surface area (Å²) in [4.78, 5) is 11.1. The van der Waals surface area contributed by atoms with Crippen molar-refractivity contribution in [2.75, 3.05) is 6.54 Å². The van der Waals surface area contributed by atoms with Crippen LogP contribution >= 0.6 is 0 Å². The number of aryl methyl sites for hydroxylation is 1. The maximum Gasteiger partial charge on any atom is 0.267 e. The highest BCUT2D eigenvalue weighted by molar-refractivity contribution is 7.89. The first kappa shape index (κ1) is 19.8. The van der Waals surface area contributed by atoms with Crippen LogP contribution in [0.25, 0.3) is 17.0 Å². The van der Waals surface area contributed by atoms with E-state index in [1.165, 1.54) is 23.7 Å². The number of fused-ring (bicyclic) bond motifs is 1. The van der Waals surface area contributed by atoms with E-state index in [4.69, 9.17) is 5.21 Å². The fraction of sp³-hybridized carbons (Fsp3) is 0.150. The summed E-state index contributed by atoms with van der Waals surface area (Å²) in [5, 5.41) is 9.57. The zero-order valence-electron chi connectivity index (χ0n) is 15.3. The zero-order valence-corrected chi connectivity index (χ0v) is 16.1. The molecule has 0 aliphatic heterocycles. The lowest BCUT2D eigenvalue weighted by molar-refractivity contribution is -0.124. The Morgan fingerprint density at radius 1 is 1.14 bits per heavy atom. The molecule has 3 N–H and O–H groups in total. The van der Waals surface area contributed by atoms with Crippen LogP contribution < -0.4 is 10.2 Å². The van der Waals surface area contributed by atoms with Crippen LogP contribution in [0.5, 0.6) is 0 Å². The first-order chi connectivity index (χ1) is 13.4. The molecule has 0 aliphatic carbocycles. The second-order valence-corrected chi connectivity index (χ2v) is 8.08. The molecule has 8 heteroatoms. The van der Waals surface area contributed by atoms with Crippen molar-refractivity contribution < 1.29 is 18.4 Å². The van der Waals surface area contributed by atoms with Gasteiger partial charge >= 0.3 is 0 Å². The predicted octanol–water partition coefficient (Wildman–Crippen LogP) is 2.22. The molecule has 0 spiro atoms. The Bertz CT molecular complexity index is 1120. The molecule has 0 fully saturated rings. The Balaban J connectivity index is 1.65. The minimum Gasteiger partial charge on any atom is -0.350 e. The standard InChI is InChI=1S/C20H21N3O4S/c1-23-14-16(18-4-2-3-5-19(18)23)12-13-21-28(26,27)17-9-6-15(7-10-17)8-11-20(24)22-25/h2-11,14,21,25H,12-13H2,1H3,(H,22,24)/b11-8+. The second kappa shape index (κ2) is 8.39. The van der Waals surface area contributed by atoms with Gasteiger partial charge in [-0.2, -0.15) is 0 Å². The molecule has 28 heavy (non-hydrogen) atoms. The van der Waals surface area contributed by atoms with Crippen LogP contribution in [0.2, 0.25) is 0 Å². The smallest absolute Gasteiger partial charge is 0.267 e. The maximum absolute atomic E-state index is 12.5. The number of nitrogens with zero attached hydrogens (tertiary/aromatic N) is 1. The van der Waals surface area contributed by atoms with E-state index in [9.17, 15) is 13.2 Å². The molecule has 0 saturated carbocycles. The van der Waals surface area contributed by atoms with Crippen LogP contribution in [0, 0.1) is 0 Å². The Kier molecular flexibility index (Phi) is 5.93. The molecule has 146 valence electrons. The topological polar surface area (TPSA) is 100 Å². The highest BCUT2D eigenvalue weighted by Gasteiger charge is 2.14. The van der Waals surface area contributed by atoms with Gasteiger partial charge in [0.25, 0.3) is 5.91 Å². The Hall–Kier alpha value is -2.94. The molecular formula is C20H21N3O4S. The molecule has 0 atom stereocenters. The molecular weight excluding hydrogens is 378 g/mol. The summed E-state index contributed by atoms with van der Waals surface area (Å²) >= 11 is 0. The van der Waals surface area contributed by atoms with Crippen LogP contribution in [0.1, 0.15) is 11.1 Å². The van der Waals surface area contributed by atoms with E-state index in [1.54, 1.807) is 12.1 Å². The molecule has 0 aliphatic rings. The summed E-state index contributed by atoms with van der Waals surface area (Å²) in [5.74, 6) is -0.660. The molecule has 3 aromatic rings. The van der Waals surface area contributed by atoms with Crippen molar-refractivity contribution in [3.05, 3.63) is 71.9 Å². The Morgan fingerprint density at radius 3 is 2.57 bits per heavy atom. The summed E-state index contributed by atoms with van der Waals surface area (Å²) in [6, 6.07) is 14.1. The normalized spacial score (nSPS) is 11.9. The number of carbonyl (C=O) groups is 1. The lowest BCUT2D eigenvalue weighted by Gasteiger charge is -2.07. The minimum absolute atomic E-state index is 0.147. The van der Waals surface area contributed by atoms with E-state index in [2.05, 4.69) is 4.72 Å². The first-order valence-corrected chi connectivity index (χ1v) is 10.1. The maximum atomic E-state index is 12.5. The fourth-order valence-electron chi connectivity index (χ4n) is 3.00. The SMILES string of the molecule is Cn1cc(CCNS(=O)(=O)c2ccc(/C=C/C(=O)NO)cc2)c2ccccc21. The van der Waals surface area contributed by atoms with E-state index < -0.39 is 15.9 Å². The van der Waals surface area contributed by atoms with Crippen LogP contribution in [-0.4, -0.2) is 30.6 Å². The number of hydroxylamine groups is 1. The molecule has 1 amide bonds. The van der Waals surface area contributed by atoms with Gasteiger partial charge in [-0.1, -0.05) is 30.3 Å². The van der Waals surface area contributed by atoms with Crippen molar-refractivity contribution in [1.82, 2.24) is 14.8 Å². The van der Waals surface area contributed by atoms with Crippen LogP contribution in [0.3, 0.4) is 0 Å². The molecule has 7 nitrogen and oxygen atoms in total. The minimum atomic E-state index is -3.63. The van der Waals surface area contributed by atoms with Crippen LogP contribution in [0.4, 0.5) is 0 Å². The highest BCUT2D eigenvalue weighted by Crippen LogP contribution is 2.20. The molecule has 0 radical (unpaired) electrons. The average Bonchev–Trinajstić information content (AvgIpc) is 3.02. The third-order valence-corrected chi connectivity index (χ3v) is 5.87. The van der Waals surface area contributed by atoms with E-state index in [1.807, 2.05) is 42.1 Å². The quantitative estimate of drug-likeness (QED) is 0.322. The number of hydrogen-bond donors (Lipinski definition) is 3. The molecule has 0 saturated heterocycles. The van der Waals surface area contributed by atoms with Gasteiger partial charge in [0.2, 0.25) is 10.0 Å². The van der Waals surface area contributed by atoms with Gasteiger partial charge in [-0.3, -0.25) is 10.0 Å². The van der Waals surface area contributed by atoms with Crippen molar-refractivity contribution in [2.45, 2.75) is 11.3 Å². The summed E-state index contributed by atoms with van der Waals surface area (Å²) in [6.45, 7) is 0.286. The van der Waals surface area contributed by atoms with Gasteiger partial charge in [-0.05, 0) is 41.8 Å². The number of para-hydroxylation sites is 1. The number of rotatable bonds is 7. The second-order valence-electron chi connectivity index (χ2n) is 6.31. The molecule has 1 aromatic heterocycles. The molecule has 3 rings (SSSR count). The van der Waals surface area contributed by atoms with Crippen molar-refractivity contribution in [3.63, 3.8) is 0 Å². The summed E-state index contributed by atoms with van der Waals surface area (Å²) in [7, 11) is -1.66. The van der Waals surface area contributed by atoms with Gasteiger partial charge in [0.15, 0.2) is 0 Å². The largest absolute Gasteiger partial charge is 0.350 e. The van der Waals surface area contributed by atoms with E-state index in [-0.39, 0.29) is 11.4 Å². The predicted molar refractivity (Wildman–Crippen MR) is 107 cm³/mol. The fourth-order valence-corrected chi connectivity index (χ4v) is 4.03. The Morgan fingerprint density at radius 2 is 1.86 bits per heavy atom. The van der Waals surface area contributed by atoms with E-state index in [0.29, 0.717) is 12.0 Å². The van der Waals surface area contributed by atoms with Gasteiger partial charge < -0.3 is 4.57 Å². The third-order valence-electron chi connectivity index (χ3n) is 4.39. The van der Waals surface area contributed by atoms with E-state index >= 15 is 0 Å². The zero-order chi connectivity index (χ0) is 20.1. The molecule has 2 aromatic carbocycles. The highest BCUT2D eigenvalue weighted by atomic mass is 32.2. The van der Waals surface area contributed by atoms with Gasteiger partial charge in [0.1, 0.15) is 0 Å². The van der Waals surface area contributed by atoms with Crippen molar-refractivity contribution in [2.24, 2.45) is 7.05 Å². The van der Waals surface area contributed by atoms with Gasteiger partial charge in [-0.15, -0.1) is 0 Å². The van der Waals surface area contributed by atoms with Crippen LogP contribution in [-0.2, 0) is 28.3 Å². The lowest BCUT2D eigenvalue weighted by atomic mass is 10.1. The number of benzene rings is 2. The molecule has 1 heterocycles. The van der Waals surface area contributed by atoms with E-state index in [0.717, 1.165) is 22.5 Å². The molecule has 0 unspecified atom stereocenters. The number of aromatic nitrogens is 1. The number of nitrogens with one attached hydrogen (secondary N) is 2. The van der Waals surface area contributed by atoms with Gasteiger partial charge in [-0.25, -0.2) is 18.6 Å².